The number of likely N-dealkylation sites (tertiary alicyclic amines) is 1. The van der Waals surface area contributed by atoms with Gasteiger partial charge < -0.3 is 15.7 Å². The van der Waals surface area contributed by atoms with Crippen LogP contribution >= 0.6 is 0 Å². The van der Waals surface area contributed by atoms with Crippen molar-refractivity contribution in [3.05, 3.63) is 78.4 Å². The fourth-order valence-corrected chi connectivity index (χ4v) is 6.43. The summed E-state index contributed by atoms with van der Waals surface area (Å²) in [5.74, 6) is -1.66. The topological polar surface area (TPSA) is 113 Å². The Kier molecular flexibility index (Phi) is 6.79. The number of sulfonamides is 1. The Morgan fingerprint density at radius 2 is 1.56 bits per heavy atom. The lowest BCUT2D eigenvalue weighted by Crippen LogP contribution is -2.58. The number of amides is 3. The maximum Gasteiger partial charge on any atom is 0.529 e. The maximum absolute atomic E-state index is 13.7. The Labute approximate surface area is 206 Å². The number of hydrogen-bond acceptors (Lipinski definition) is 4. The molecule has 0 bridgehead atoms. The Hall–Kier alpha value is -3.83. The molecule has 0 radical (unpaired) electrons. The lowest BCUT2D eigenvalue weighted by Gasteiger charge is -2.30. The van der Waals surface area contributed by atoms with Crippen molar-refractivity contribution >= 4 is 33.5 Å². The van der Waals surface area contributed by atoms with E-state index in [0.29, 0.717) is 30.2 Å². The molecule has 3 aromatic rings. The van der Waals surface area contributed by atoms with E-state index < -0.39 is 43.7 Å². The smallest absolute Gasteiger partial charge is 0.435 e. The van der Waals surface area contributed by atoms with Gasteiger partial charge >= 0.3 is 22.1 Å². The van der Waals surface area contributed by atoms with Crippen LogP contribution in [0.5, 0.6) is 0 Å². The van der Waals surface area contributed by atoms with E-state index in [1.165, 1.54) is 12.1 Å². The van der Waals surface area contributed by atoms with Crippen LogP contribution < -0.4 is 10.6 Å². The molecule has 8 nitrogen and oxygen atoms in total. The minimum atomic E-state index is -4.16. The first-order chi connectivity index (χ1) is 17.0. The predicted octanol–water partition coefficient (Wildman–Crippen LogP) is 5.64. The summed E-state index contributed by atoms with van der Waals surface area (Å²) in [6, 6.07) is 14.1. The summed E-state index contributed by atoms with van der Waals surface area (Å²) in [4.78, 5) is 24.1. The first-order valence-electron chi connectivity index (χ1n) is 11.1. The van der Waals surface area contributed by atoms with Gasteiger partial charge in [0.15, 0.2) is 0 Å². The number of benzene rings is 3. The third-order valence-corrected chi connectivity index (χ3v) is 8.81. The summed E-state index contributed by atoms with van der Waals surface area (Å²) < 4.78 is 52.3. The van der Waals surface area contributed by atoms with E-state index >= 15 is 0 Å². The Morgan fingerprint density at radius 1 is 0.944 bits per heavy atom. The molecule has 2 atom stereocenters. The highest BCUT2D eigenvalue weighted by molar-refractivity contribution is 7.86. The maximum atomic E-state index is 13.7. The van der Waals surface area contributed by atoms with Gasteiger partial charge in [0.1, 0.15) is 29.1 Å². The first-order valence-corrected chi connectivity index (χ1v) is 12.6. The summed E-state index contributed by atoms with van der Waals surface area (Å²) in [6.07, 6.45) is -0.346. The molecule has 1 aliphatic heterocycles. The van der Waals surface area contributed by atoms with Crippen LogP contribution in [-0.4, -0.2) is 42.1 Å². The number of anilines is 2. The van der Waals surface area contributed by atoms with Crippen LogP contribution in [0.25, 0.3) is 11.1 Å². The van der Waals surface area contributed by atoms with Gasteiger partial charge in [-0.3, -0.25) is 0 Å². The van der Waals surface area contributed by atoms with E-state index in [1.54, 1.807) is 43.3 Å². The van der Waals surface area contributed by atoms with Gasteiger partial charge in [-0.15, -0.1) is 3.89 Å². The van der Waals surface area contributed by atoms with E-state index in [0.717, 1.165) is 17.7 Å². The number of nitrogens with zero attached hydrogens (tertiary/aromatic N) is 1. The average molecular weight is 517 g/mol. The molecule has 1 fully saturated rings. The van der Waals surface area contributed by atoms with E-state index in [4.69, 9.17) is 0 Å². The Balaban J connectivity index is 1.47. The number of urea groups is 1. The van der Waals surface area contributed by atoms with Crippen LogP contribution in [0, 0.1) is 11.6 Å². The molecule has 11 heteroatoms. The van der Waals surface area contributed by atoms with Gasteiger partial charge in [-0.1, -0.05) is 24.3 Å². The zero-order valence-electron chi connectivity index (χ0n) is 19.2. The van der Waals surface area contributed by atoms with Crippen LogP contribution in [0.15, 0.2) is 71.6 Å². The molecule has 3 aromatic carbocycles. The third-order valence-electron chi connectivity index (χ3n) is 6.38. The number of halogens is 2. The molecule has 0 saturated carbocycles. The van der Waals surface area contributed by atoms with Crippen molar-refractivity contribution in [3.8, 4) is 11.1 Å². The fourth-order valence-electron chi connectivity index (χ4n) is 4.42. The van der Waals surface area contributed by atoms with Crippen molar-refractivity contribution in [2.24, 2.45) is 0 Å². The zero-order valence-corrected chi connectivity index (χ0v) is 20.1. The van der Waals surface area contributed by atoms with Crippen molar-refractivity contribution in [3.63, 3.8) is 0 Å². The highest BCUT2D eigenvalue weighted by Crippen LogP contribution is 2.36. The lowest BCUT2D eigenvalue weighted by molar-refractivity contribution is -0.741. The van der Waals surface area contributed by atoms with Crippen molar-refractivity contribution < 1.29 is 35.8 Å². The number of carboxylic acid groups (broad SMARTS) is 1. The molecule has 36 heavy (non-hydrogen) atoms. The van der Waals surface area contributed by atoms with Gasteiger partial charge in [-0.2, -0.15) is 13.2 Å². The molecule has 3 N–H and O–H groups in total. The molecule has 4 rings (SSSR count). The summed E-state index contributed by atoms with van der Waals surface area (Å²) in [5, 5.41) is 14.6. The van der Waals surface area contributed by atoms with Gasteiger partial charge in [-0.05, 0) is 54.4 Å². The number of quaternary nitrogens is 1. The number of carbonyl (C=O) groups excluding carboxylic acids is 1. The predicted molar refractivity (Wildman–Crippen MR) is 130 cm³/mol. The van der Waals surface area contributed by atoms with Crippen molar-refractivity contribution in [1.29, 1.82) is 0 Å². The highest BCUT2D eigenvalue weighted by atomic mass is 32.2. The molecular weight excluding hydrogens is 492 g/mol. The molecule has 188 valence electrons. The number of nitrogens with one attached hydrogen (secondary N) is 2. The van der Waals surface area contributed by atoms with Crippen LogP contribution in [0.4, 0.5) is 29.7 Å². The average Bonchev–Trinajstić information content (AvgIpc) is 3.24. The second-order valence-electron chi connectivity index (χ2n) is 8.57. The molecule has 1 unspecified atom stereocenters. The van der Waals surface area contributed by atoms with Crippen LogP contribution in [0.3, 0.4) is 0 Å². The van der Waals surface area contributed by atoms with Crippen molar-refractivity contribution in [1.82, 2.24) is 0 Å². The number of rotatable bonds is 5. The number of hydrogen-bond donors (Lipinski definition) is 3. The van der Waals surface area contributed by atoms with E-state index in [1.807, 2.05) is 0 Å². The molecule has 1 aliphatic rings. The third kappa shape index (κ3) is 4.54. The minimum absolute atomic E-state index is 0.0242. The summed E-state index contributed by atoms with van der Waals surface area (Å²) in [7, 11) is -4.16. The number of carbonyl (C=O) groups is 2. The standard InChI is InChI=1S/C25H23F2N3O5S/c1-16-3-2-14-30(16,25(32)33)36(34,35)21-11-6-18(7-12-21)17-4-9-20(10-5-17)28-24(31)29-23-13-8-19(26)15-22(23)27/h4-13,15-16H,2-3,14H2,1H3,(H2-,28,29,31,32,33)/p+1/t16-,30?/m1/s1. The molecule has 3 amide bonds. The van der Waals surface area contributed by atoms with E-state index in [-0.39, 0.29) is 17.1 Å². The second-order valence-corrected chi connectivity index (χ2v) is 10.6. The molecule has 0 aliphatic carbocycles. The summed E-state index contributed by atoms with van der Waals surface area (Å²) in [5.41, 5.74) is 1.66. The zero-order chi connectivity index (χ0) is 26.1. The van der Waals surface area contributed by atoms with E-state index in [2.05, 4.69) is 10.6 Å². The lowest BCUT2D eigenvalue weighted by atomic mass is 10.1. The van der Waals surface area contributed by atoms with Crippen LogP contribution in [0.1, 0.15) is 19.8 Å². The molecule has 1 heterocycles. The van der Waals surface area contributed by atoms with Crippen molar-refractivity contribution in [2.75, 3.05) is 17.2 Å². The van der Waals surface area contributed by atoms with E-state index in [9.17, 15) is 31.9 Å². The summed E-state index contributed by atoms with van der Waals surface area (Å²) in [6.45, 7) is 1.66. The normalized spacial score (nSPS) is 19.6. The largest absolute Gasteiger partial charge is 0.529 e. The molecule has 0 aromatic heterocycles. The molecular formula is C25H24F2N3O5S+. The van der Waals surface area contributed by atoms with Gasteiger partial charge in [0.25, 0.3) is 0 Å². The quantitative estimate of drug-likeness (QED) is 0.380. The second kappa shape index (κ2) is 9.67. The van der Waals surface area contributed by atoms with Gasteiger partial charge in [0.2, 0.25) is 0 Å². The molecule has 0 spiro atoms. The molecule has 1 saturated heterocycles. The fraction of sp³-hybridized carbons (Fsp3) is 0.200. The van der Waals surface area contributed by atoms with Crippen LogP contribution in [0.2, 0.25) is 0 Å². The van der Waals surface area contributed by atoms with Crippen LogP contribution in [-0.2, 0) is 10.0 Å². The van der Waals surface area contributed by atoms with Gasteiger partial charge in [0, 0.05) is 24.6 Å². The Morgan fingerprint density at radius 3 is 2.08 bits per heavy atom. The monoisotopic (exact) mass is 516 g/mol. The van der Waals surface area contributed by atoms with Gasteiger partial charge in [-0.25, -0.2) is 13.6 Å². The van der Waals surface area contributed by atoms with Gasteiger partial charge in [0.05, 0.1) is 5.69 Å². The first kappa shape index (κ1) is 25.3. The minimum Gasteiger partial charge on any atom is -0.435 e. The SMILES string of the molecule is C[C@@H]1CCC[N+]1(C(=O)O)S(=O)(=O)c1ccc(-c2ccc(NC(=O)Nc3ccc(F)cc3F)cc2)cc1. The summed E-state index contributed by atoms with van der Waals surface area (Å²) >= 11 is 0. The van der Waals surface area contributed by atoms with Crippen molar-refractivity contribution in [2.45, 2.75) is 30.7 Å². The highest BCUT2D eigenvalue weighted by Gasteiger charge is 2.57. The Bertz CT molecular complexity index is 1410.